The zero-order valence-electron chi connectivity index (χ0n) is 11.3. The van der Waals surface area contributed by atoms with E-state index in [1.807, 2.05) is 30.3 Å². The van der Waals surface area contributed by atoms with Crippen molar-refractivity contribution in [2.45, 2.75) is 13.1 Å². The van der Waals surface area contributed by atoms with Gasteiger partial charge >= 0.3 is 0 Å². The highest BCUT2D eigenvalue weighted by Gasteiger charge is 2.08. The zero-order valence-corrected chi connectivity index (χ0v) is 12.1. The van der Waals surface area contributed by atoms with Crippen LogP contribution in [-0.4, -0.2) is 15.5 Å². The summed E-state index contributed by atoms with van der Waals surface area (Å²) in [6, 6.07) is 12.7. The lowest BCUT2D eigenvalue weighted by Gasteiger charge is -2.08. The molecule has 0 aliphatic heterocycles. The Morgan fingerprint density at radius 1 is 1.19 bits per heavy atom. The summed E-state index contributed by atoms with van der Waals surface area (Å²) < 4.78 is 1.29. The summed E-state index contributed by atoms with van der Waals surface area (Å²) in [7, 11) is 0. The first-order chi connectivity index (χ1) is 10.1. The molecular weight excluding hydrogens is 286 g/mol. The van der Waals surface area contributed by atoms with Crippen molar-refractivity contribution in [3.05, 3.63) is 70.1 Å². The summed E-state index contributed by atoms with van der Waals surface area (Å²) in [6.45, 7) is 0.353. The molecule has 108 valence electrons. The highest BCUT2D eigenvalue weighted by atomic mass is 32.1. The largest absolute Gasteiger partial charge is 0.389 e. The lowest BCUT2D eigenvalue weighted by molar-refractivity contribution is -0.121. The molecule has 5 nitrogen and oxygen atoms in total. The van der Waals surface area contributed by atoms with Gasteiger partial charge in [0.2, 0.25) is 5.91 Å². The van der Waals surface area contributed by atoms with Gasteiger partial charge < -0.3 is 15.6 Å². The molecule has 0 aliphatic carbocycles. The first kappa shape index (κ1) is 14.9. The van der Waals surface area contributed by atoms with Crippen LogP contribution in [0.2, 0.25) is 0 Å². The number of amides is 1. The molecule has 1 aromatic carbocycles. The summed E-state index contributed by atoms with van der Waals surface area (Å²) in [5.41, 5.74) is 6.34. The van der Waals surface area contributed by atoms with Crippen molar-refractivity contribution in [2.75, 3.05) is 0 Å². The summed E-state index contributed by atoms with van der Waals surface area (Å²) in [4.78, 5) is 23.9. The van der Waals surface area contributed by atoms with E-state index >= 15 is 0 Å². The molecule has 21 heavy (non-hydrogen) atoms. The van der Waals surface area contributed by atoms with Gasteiger partial charge in [0.05, 0.1) is 5.56 Å². The Kier molecular flexibility index (Phi) is 4.84. The zero-order chi connectivity index (χ0) is 15.2. The van der Waals surface area contributed by atoms with Crippen LogP contribution >= 0.6 is 12.2 Å². The third-order valence-electron chi connectivity index (χ3n) is 2.93. The summed E-state index contributed by atoms with van der Waals surface area (Å²) >= 11 is 4.80. The molecule has 0 unspecified atom stereocenters. The smallest absolute Gasteiger partial charge is 0.261 e. The highest BCUT2D eigenvalue weighted by Crippen LogP contribution is 1.97. The van der Waals surface area contributed by atoms with Crippen molar-refractivity contribution in [1.82, 2.24) is 9.88 Å². The van der Waals surface area contributed by atoms with Gasteiger partial charge in [-0.1, -0.05) is 42.5 Å². The third-order valence-corrected chi connectivity index (χ3v) is 3.15. The fourth-order valence-electron chi connectivity index (χ4n) is 1.86. The van der Waals surface area contributed by atoms with E-state index in [4.69, 9.17) is 18.0 Å². The molecule has 0 spiro atoms. The number of hydrogen-bond donors (Lipinski definition) is 2. The molecule has 2 aromatic rings. The molecule has 3 N–H and O–H groups in total. The van der Waals surface area contributed by atoms with Gasteiger partial charge in [-0.15, -0.1) is 0 Å². The molecule has 1 amide bonds. The van der Waals surface area contributed by atoms with Crippen molar-refractivity contribution < 1.29 is 4.79 Å². The number of pyridine rings is 1. The van der Waals surface area contributed by atoms with Gasteiger partial charge in [0, 0.05) is 12.7 Å². The standard InChI is InChI=1S/C15H15N3O2S/c16-14(21)12-7-4-8-18(15(12)20)10-13(19)17-9-11-5-2-1-3-6-11/h1-8H,9-10H2,(H2,16,21)(H,17,19). The molecule has 0 radical (unpaired) electrons. The maximum atomic E-state index is 12.0. The van der Waals surface area contributed by atoms with Crippen molar-refractivity contribution in [3.8, 4) is 0 Å². The Balaban J connectivity index is 2.02. The van der Waals surface area contributed by atoms with Gasteiger partial charge in [-0.3, -0.25) is 9.59 Å². The molecule has 0 saturated heterocycles. The first-order valence-electron chi connectivity index (χ1n) is 6.38. The van der Waals surface area contributed by atoms with Crippen LogP contribution in [0.15, 0.2) is 53.5 Å². The normalized spacial score (nSPS) is 10.1. The number of nitrogens with one attached hydrogen (secondary N) is 1. The molecular formula is C15H15N3O2S. The van der Waals surface area contributed by atoms with Crippen molar-refractivity contribution >= 4 is 23.1 Å². The lowest BCUT2D eigenvalue weighted by Crippen LogP contribution is -2.34. The summed E-state index contributed by atoms with van der Waals surface area (Å²) in [6.07, 6.45) is 1.53. The fourth-order valence-corrected chi connectivity index (χ4v) is 2.01. The lowest BCUT2D eigenvalue weighted by atomic mass is 10.2. The van der Waals surface area contributed by atoms with Gasteiger partial charge in [-0.25, -0.2) is 0 Å². The SMILES string of the molecule is NC(=S)c1cccn(CC(=O)NCc2ccccc2)c1=O. The van der Waals surface area contributed by atoms with Gasteiger partial charge in [0.15, 0.2) is 0 Å². The van der Waals surface area contributed by atoms with Crippen molar-refractivity contribution in [3.63, 3.8) is 0 Å². The van der Waals surface area contributed by atoms with E-state index < -0.39 is 0 Å². The maximum Gasteiger partial charge on any atom is 0.261 e. The Hall–Kier alpha value is -2.47. The molecule has 0 atom stereocenters. The third kappa shape index (κ3) is 4.00. The number of nitrogens with two attached hydrogens (primary N) is 1. The number of aromatic nitrogens is 1. The van der Waals surface area contributed by atoms with E-state index in [1.165, 1.54) is 10.8 Å². The molecule has 2 rings (SSSR count). The number of hydrogen-bond acceptors (Lipinski definition) is 3. The number of thiocarbonyl (C=S) groups is 1. The van der Waals surface area contributed by atoms with Crippen LogP contribution in [-0.2, 0) is 17.9 Å². The molecule has 0 saturated carbocycles. The summed E-state index contributed by atoms with van der Waals surface area (Å²) in [5.74, 6) is -0.249. The van der Waals surface area contributed by atoms with Gasteiger partial charge in [-0.2, -0.15) is 0 Å². The number of rotatable bonds is 5. The maximum absolute atomic E-state index is 12.0. The monoisotopic (exact) mass is 301 g/mol. The molecule has 0 bridgehead atoms. The van der Waals surface area contributed by atoms with E-state index in [9.17, 15) is 9.59 Å². The fraction of sp³-hybridized carbons (Fsp3) is 0.133. The van der Waals surface area contributed by atoms with Gasteiger partial charge in [-0.05, 0) is 17.7 Å². The predicted octanol–water partition coefficient (Wildman–Crippen LogP) is 0.799. The Morgan fingerprint density at radius 2 is 1.90 bits per heavy atom. The van der Waals surface area contributed by atoms with Crippen LogP contribution in [0.4, 0.5) is 0 Å². The quantitative estimate of drug-likeness (QED) is 0.801. The molecule has 1 heterocycles. The number of carbonyl (C=O) groups excluding carboxylic acids is 1. The number of carbonyl (C=O) groups is 1. The molecule has 0 fully saturated rings. The van der Waals surface area contributed by atoms with Crippen LogP contribution in [0.5, 0.6) is 0 Å². The van der Waals surface area contributed by atoms with Crippen LogP contribution in [0.25, 0.3) is 0 Å². The second kappa shape index (κ2) is 6.81. The molecule has 1 aromatic heterocycles. The Morgan fingerprint density at radius 3 is 2.57 bits per heavy atom. The predicted molar refractivity (Wildman–Crippen MR) is 84.9 cm³/mol. The van der Waals surface area contributed by atoms with E-state index in [1.54, 1.807) is 12.1 Å². The molecule has 6 heteroatoms. The van der Waals surface area contributed by atoms with E-state index in [2.05, 4.69) is 5.32 Å². The van der Waals surface area contributed by atoms with Crippen LogP contribution in [0.3, 0.4) is 0 Å². The first-order valence-corrected chi connectivity index (χ1v) is 6.78. The minimum Gasteiger partial charge on any atom is -0.389 e. The van der Waals surface area contributed by atoms with Gasteiger partial charge in [0.25, 0.3) is 5.56 Å². The average molecular weight is 301 g/mol. The minimum atomic E-state index is -0.361. The Labute approximate surface area is 127 Å². The van der Waals surface area contributed by atoms with Crippen molar-refractivity contribution in [1.29, 1.82) is 0 Å². The van der Waals surface area contributed by atoms with E-state index in [0.29, 0.717) is 6.54 Å². The highest BCUT2D eigenvalue weighted by molar-refractivity contribution is 7.80. The van der Waals surface area contributed by atoms with Crippen molar-refractivity contribution in [2.24, 2.45) is 5.73 Å². The van der Waals surface area contributed by atoms with E-state index in [0.717, 1.165) is 5.56 Å². The topological polar surface area (TPSA) is 77.1 Å². The Bertz CT molecular complexity index is 710. The van der Waals surface area contributed by atoms with Crippen LogP contribution in [0, 0.1) is 0 Å². The van der Waals surface area contributed by atoms with E-state index in [-0.39, 0.29) is 28.6 Å². The van der Waals surface area contributed by atoms with Crippen LogP contribution in [0.1, 0.15) is 11.1 Å². The number of benzene rings is 1. The summed E-state index contributed by atoms with van der Waals surface area (Å²) in [5, 5.41) is 2.76. The molecule has 0 aliphatic rings. The van der Waals surface area contributed by atoms with Gasteiger partial charge in [0.1, 0.15) is 11.5 Å². The average Bonchev–Trinajstić information content (AvgIpc) is 2.48. The minimum absolute atomic E-state index is 0.0269. The second-order valence-corrected chi connectivity index (χ2v) is 4.92. The number of nitrogens with zero attached hydrogens (tertiary/aromatic N) is 1. The second-order valence-electron chi connectivity index (χ2n) is 4.48. The van der Waals surface area contributed by atoms with Crippen LogP contribution < -0.4 is 16.6 Å².